The number of benzene rings is 1. The summed E-state index contributed by atoms with van der Waals surface area (Å²) in [6.45, 7) is 0.282. The number of aliphatic hydroxyl groups excluding tert-OH is 2. The number of hydrogen-bond donors (Lipinski definition) is 4. The summed E-state index contributed by atoms with van der Waals surface area (Å²) in [6.07, 6.45) is 0.855. The average molecular weight is 383 g/mol. The van der Waals surface area contributed by atoms with E-state index in [-0.39, 0.29) is 19.6 Å². The minimum absolute atomic E-state index is 0.118. The molecule has 1 aromatic carbocycles. The molecule has 3 aromatic rings. The van der Waals surface area contributed by atoms with Gasteiger partial charge in [-0.1, -0.05) is 30.3 Å². The van der Waals surface area contributed by atoms with Gasteiger partial charge >= 0.3 is 6.09 Å². The largest absolute Gasteiger partial charge is 0.445 e. The molecule has 1 amide bonds. The molecule has 0 spiro atoms. The van der Waals surface area contributed by atoms with Crippen molar-refractivity contribution in [2.24, 2.45) is 0 Å². The number of hydrogen-bond acceptors (Lipinski definition) is 6. The molecule has 2 atom stereocenters. The molecular formula is C20H21N3O5. The minimum Gasteiger partial charge on any atom is -0.445 e. The molecule has 4 N–H and O–H groups in total. The molecule has 0 fully saturated rings. The number of nitrogens with one attached hydrogen (secondary N) is 2. The smallest absolute Gasteiger partial charge is 0.407 e. The number of fused-ring (bicyclic) bond motifs is 1. The van der Waals surface area contributed by atoms with E-state index < -0.39 is 18.3 Å². The van der Waals surface area contributed by atoms with Gasteiger partial charge in [0.1, 0.15) is 18.4 Å². The molecular weight excluding hydrogens is 362 g/mol. The third-order valence-corrected chi connectivity index (χ3v) is 4.34. The molecule has 0 aliphatic rings. The highest BCUT2D eigenvalue weighted by Crippen LogP contribution is 2.23. The minimum atomic E-state index is -1.20. The Balaban J connectivity index is 1.48. The van der Waals surface area contributed by atoms with Crippen LogP contribution in [0.4, 0.5) is 4.79 Å². The molecule has 2 heterocycles. The monoisotopic (exact) mass is 383 g/mol. The van der Waals surface area contributed by atoms with E-state index in [2.05, 4.69) is 15.3 Å². The lowest BCUT2D eigenvalue weighted by molar-refractivity contribution is 0.0135. The fraction of sp³-hybridized carbons (Fsp3) is 0.250. The Kier molecular flexibility index (Phi) is 6.36. The van der Waals surface area contributed by atoms with Gasteiger partial charge in [-0.15, -0.1) is 0 Å². The Morgan fingerprint density at radius 3 is 2.82 bits per heavy atom. The number of alkyl carbamates (subject to hydrolysis) is 1. The number of nitrogens with zero attached hydrogens (tertiary/aromatic N) is 1. The number of carbonyl (C=O) groups is 2. The van der Waals surface area contributed by atoms with Crippen molar-refractivity contribution in [3.05, 3.63) is 65.5 Å². The predicted molar refractivity (Wildman–Crippen MR) is 102 cm³/mol. The van der Waals surface area contributed by atoms with Crippen LogP contribution in [0.5, 0.6) is 0 Å². The highest BCUT2D eigenvalue weighted by molar-refractivity contribution is 5.95. The number of carbonyl (C=O) groups excluding carboxylic acids is 2. The van der Waals surface area contributed by atoms with Gasteiger partial charge in [0.25, 0.3) is 0 Å². The first-order chi connectivity index (χ1) is 13.6. The van der Waals surface area contributed by atoms with E-state index in [1.54, 1.807) is 6.07 Å². The molecule has 2 aromatic heterocycles. The molecule has 3 rings (SSSR count). The zero-order valence-corrected chi connectivity index (χ0v) is 15.0. The Hall–Kier alpha value is -3.23. The van der Waals surface area contributed by atoms with Crippen LogP contribution in [-0.2, 0) is 11.3 Å². The van der Waals surface area contributed by atoms with E-state index >= 15 is 0 Å². The van der Waals surface area contributed by atoms with Crippen molar-refractivity contribution in [1.82, 2.24) is 15.3 Å². The highest BCUT2D eigenvalue weighted by atomic mass is 16.5. The van der Waals surface area contributed by atoms with Crippen LogP contribution in [-0.4, -0.2) is 45.2 Å². The number of H-pyrrole nitrogens is 1. The lowest BCUT2D eigenvalue weighted by Crippen LogP contribution is -2.29. The molecule has 0 bridgehead atoms. The third-order valence-electron chi connectivity index (χ3n) is 4.34. The molecule has 28 heavy (non-hydrogen) atoms. The molecule has 146 valence electrons. The maximum absolute atomic E-state index is 11.7. The average Bonchev–Trinajstić information content (AvgIpc) is 3.14. The van der Waals surface area contributed by atoms with E-state index in [0.29, 0.717) is 28.4 Å². The fourth-order valence-corrected chi connectivity index (χ4v) is 2.78. The molecule has 8 heteroatoms. The molecule has 8 nitrogen and oxygen atoms in total. The van der Waals surface area contributed by atoms with Gasteiger partial charge < -0.3 is 25.3 Å². The Labute approximate surface area is 161 Å². The summed E-state index contributed by atoms with van der Waals surface area (Å²) >= 11 is 0. The van der Waals surface area contributed by atoms with Crippen LogP contribution >= 0.6 is 0 Å². The summed E-state index contributed by atoms with van der Waals surface area (Å²) in [6, 6.07) is 10.9. The number of amides is 1. The van der Waals surface area contributed by atoms with Gasteiger partial charge in [-0.05, 0) is 18.1 Å². The second kappa shape index (κ2) is 9.12. The van der Waals surface area contributed by atoms with E-state index in [1.807, 2.05) is 30.3 Å². The number of pyridine rings is 1. The second-order valence-electron chi connectivity index (χ2n) is 6.32. The van der Waals surface area contributed by atoms with Crippen LogP contribution in [0.1, 0.15) is 34.0 Å². The van der Waals surface area contributed by atoms with Crippen molar-refractivity contribution in [2.75, 3.05) is 6.54 Å². The van der Waals surface area contributed by atoms with Gasteiger partial charge in [0.2, 0.25) is 0 Å². The summed E-state index contributed by atoms with van der Waals surface area (Å²) < 4.78 is 5.08. The highest BCUT2D eigenvalue weighted by Gasteiger charge is 2.20. The fourth-order valence-electron chi connectivity index (χ4n) is 2.78. The lowest BCUT2D eigenvalue weighted by atomic mass is 10.0. The van der Waals surface area contributed by atoms with Crippen LogP contribution in [0.15, 0.2) is 48.8 Å². The van der Waals surface area contributed by atoms with Crippen LogP contribution < -0.4 is 5.32 Å². The maximum Gasteiger partial charge on any atom is 0.407 e. The second-order valence-corrected chi connectivity index (χ2v) is 6.32. The van der Waals surface area contributed by atoms with Gasteiger partial charge in [-0.25, -0.2) is 9.78 Å². The lowest BCUT2D eigenvalue weighted by Gasteiger charge is -2.18. The maximum atomic E-state index is 11.7. The summed E-state index contributed by atoms with van der Waals surface area (Å²) in [5.74, 6) is 0. The van der Waals surface area contributed by atoms with E-state index in [9.17, 15) is 19.8 Å². The van der Waals surface area contributed by atoms with Crippen molar-refractivity contribution in [1.29, 1.82) is 0 Å². The van der Waals surface area contributed by atoms with E-state index in [0.717, 1.165) is 5.56 Å². The first-order valence-electron chi connectivity index (χ1n) is 8.81. The van der Waals surface area contributed by atoms with Crippen molar-refractivity contribution < 1.29 is 24.5 Å². The number of rotatable bonds is 8. The van der Waals surface area contributed by atoms with Crippen molar-refractivity contribution in [2.45, 2.75) is 25.2 Å². The summed E-state index contributed by atoms with van der Waals surface area (Å²) in [7, 11) is 0. The number of ether oxygens (including phenoxy) is 1. The number of aliphatic hydroxyl groups is 2. The first-order valence-corrected chi connectivity index (χ1v) is 8.81. The van der Waals surface area contributed by atoms with E-state index in [1.165, 1.54) is 12.4 Å². The van der Waals surface area contributed by atoms with Gasteiger partial charge in [-0.3, -0.25) is 4.79 Å². The van der Waals surface area contributed by atoms with E-state index in [4.69, 9.17) is 4.74 Å². The van der Waals surface area contributed by atoms with Crippen molar-refractivity contribution in [3.63, 3.8) is 0 Å². The molecule has 0 aliphatic heterocycles. The summed E-state index contributed by atoms with van der Waals surface area (Å²) in [5, 5.41) is 23.6. The predicted octanol–water partition coefficient (Wildman–Crippen LogP) is 2.09. The van der Waals surface area contributed by atoms with Gasteiger partial charge in [0.15, 0.2) is 6.29 Å². The van der Waals surface area contributed by atoms with Gasteiger partial charge in [0.05, 0.1) is 6.10 Å². The van der Waals surface area contributed by atoms with Crippen LogP contribution in [0.25, 0.3) is 11.0 Å². The third kappa shape index (κ3) is 4.73. The standard InChI is InChI=1S/C20H21N3O5/c24-11-15-10-23-19-16(15)8-14(9-22-19)18(26)17(25)6-7-21-20(27)28-12-13-4-2-1-3-5-13/h1-5,8-11,17-18,25-26H,6-7,12H2,(H,21,27)(H,22,23). The van der Waals surface area contributed by atoms with Crippen LogP contribution in [0.3, 0.4) is 0 Å². The quantitative estimate of drug-likeness (QED) is 0.442. The molecule has 2 unspecified atom stereocenters. The SMILES string of the molecule is O=Cc1c[nH]c2ncc(C(O)C(O)CCNC(=O)OCc3ccccc3)cc12. The Morgan fingerprint density at radius 2 is 2.07 bits per heavy atom. The first kappa shape index (κ1) is 19.5. The molecule has 0 radical (unpaired) electrons. The zero-order valence-electron chi connectivity index (χ0n) is 15.0. The topological polar surface area (TPSA) is 125 Å². The number of aromatic amines is 1. The van der Waals surface area contributed by atoms with Gasteiger partial charge in [-0.2, -0.15) is 0 Å². The molecule has 0 aliphatic carbocycles. The van der Waals surface area contributed by atoms with Crippen LogP contribution in [0.2, 0.25) is 0 Å². The van der Waals surface area contributed by atoms with Crippen molar-refractivity contribution >= 4 is 23.4 Å². The van der Waals surface area contributed by atoms with Crippen LogP contribution in [0, 0.1) is 0 Å². The Bertz CT molecular complexity index is 941. The molecule has 0 saturated heterocycles. The summed E-state index contributed by atoms with van der Waals surface area (Å²) in [5.41, 5.74) is 2.20. The number of aromatic nitrogens is 2. The van der Waals surface area contributed by atoms with Crippen molar-refractivity contribution in [3.8, 4) is 0 Å². The molecule has 0 saturated carbocycles. The zero-order chi connectivity index (χ0) is 19.9. The normalized spacial score (nSPS) is 13.1. The van der Waals surface area contributed by atoms with Gasteiger partial charge in [0, 0.05) is 35.5 Å². The Morgan fingerprint density at radius 1 is 1.29 bits per heavy atom. The number of aldehydes is 1. The summed E-state index contributed by atoms with van der Waals surface area (Å²) in [4.78, 5) is 29.7.